The summed E-state index contributed by atoms with van der Waals surface area (Å²) >= 11 is 0. The van der Waals surface area contributed by atoms with E-state index in [1.54, 1.807) is 18.0 Å². The third kappa shape index (κ3) is 2.85. The van der Waals surface area contributed by atoms with Crippen molar-refractivity contribution in [3.05, 3.63) is 60.6 Å². The maximum Gasteiger partial charge on any atom is 0.218 e. The number of rotatable bonds is 5. The number of hydrogen-bond acceptors (Lipinski definition) is 7. The van der Waals surface area contributed by atoms with Crippen LogP contribution in [-0.2, 0) is 6.54 Å². The number of benzene rings is 1. The maximum atomic E-state index is 5.27. The van der Waals surface area contributed by atoms with Crippen LogP contribution in [0.15, 0.2) is 55.0 Å². The normalized spacial score (nSPS) is 10.8. The van der Waals surface area contributed by atoms with Crippen LogP contribution in [0.3, 0.4) is 0 Å². The lowest BCUT2D eigenvalue weighted by Crippen LogP contribution is -2.05. The van der Waals surface area contributed by atoms with Gasteiger partial charge in [-0.25, -0.2) is 15.0 Å². The molecule has 8 nitrogen and oxygen atoms in total. The van der Waals surface area contributed by atoms with Crippen LogP contribution in [0.2, 0.25) is 0 Å². The average molecular weight is 333 g/mol. The van der Waals surface area contributed by atoms with Crippen LogP contribution in [-0.4, -0.2) is 37.1 Å². The molecule has 0 fully saturated rings. The van der Waals surface area contributed by atoms with E-state index in [-0.39, 0.29) is 0 Å². The molecule has 0 aliphatic carbocycles. The number of ether oxygens (including phenoxy) is 1. The first-order valence-corrected chi connectivity index (χ1v) is 7.70. The van der Waals surface area contributed by atoms with Crippen LogP contribution in [0.25, 0.3) is 16.9 Å². The van der Waals surface area contributed by atoms with E-state index in [0.29, 0.717) is 29.4 Å². The summed E-state index contributed by atoms with van der Waals surface area (Å²) in [7, 11) is 1.60. The number of fused-ring (bicyclic) bond motifs is 1. The van der Waals surface area contributed by atoms with Gasteiger partial charge in [0, 0.05) is 18.3 Å². The fraction of sp³-hybridized carbons (Fsp3) is 0.118. The molecule has 4 rings (SSSR count). The van der Waals surface area contributed by atoms with Gasteiger partial charge < -0.3 is 10.1 Å². The molecule has 25 heavy (non-hydrogen) atoms. The molecule has 8 heteroatoms. The van der Waals surface area contributed by atoms with Gasteiger partial charge in [-0.3, -0.25) is 0 Å². The molecule has 3 aromatic heterocycles. The van der Waals surface area contributed by atoms with Crippen molar-refractivity contribution in [1.29, 1.82) is 0 Å². The van der Waals surface area contributed by atoms with E-state index < -0.39 is 0 Å². The first-order chi connectivity index (χ1) is 12.4. The van der Waals surface area contributed by atoms with E-state index in [0.717, 1.165) is 11.3 Å². The molecular formula is C17H15N7O. The molecule has 0 bridgehead atoms. The minimum atomic E-state index is 0.501. The summed E-state index contributed by atoms with van der Waals surface area (Å²) in [5.41, 5.74) is 3.06. The zero-order chi connectivity index (χ0) is 17.1. The maximum absolute atomic E-state index is 5.27. The summed E-state index contributed by atoms with van der Waals surface area (Å²) in [6.45, 7) is 0.501. The zero-order valence-corrected chi connectivity index (χ0v) is 13.5. The van der Waals surface area contributed by atoms with Crippen molar-refractivity contribution in [3.8, 4) is 11.6 Å². The molecule has 124 valence electrons. The van der Waals surface area contributed by atoms with Gasteiger partial charge in [0.1, 0.15) is 6.33 Å². The molecule has 0 saturated carbocycles. The first kappa shape index (κ1) is 15.0. The van der Waals surface area contributed by atoms with Gasteiger partial charge >= 0.3 is 0 Å². The van der Waals surface area contributed by atoms with Gasteiger partial charge in [-0.15, -0.1) is 5.10 Å². The Kier molecular flexibility index (Phi) is 3.91. The minimum Gasteiger partial charge on any atom is -0.481 e. The van der Waals surface area contributed by atoms with Gasteiger partial charge in [-0.1, -0.05) is 29.5 Å². The third-order valence-corrected chi connectivity index (χ3v) is 3.73. The topological polar surface area (TPSA) is 90.6 Å². The molecule has 0 saturated heterocycles. The van der Waals surface area contributed by atoms with Crippen molar-refractivity contribution in [3.63, 3.8) is 0 Å². The zero-order valence-electron chi connectivity index (χ0n) is 13.5. The Morgan fingerprint density at radius 2 is 1.92 bits per heavy atom. The number of aromatic nitrogens is 6. The molecule has 0 aliphatic rings. The predicted octanol–water partition coefficient (Wildman–Crippen LogP) is 2.23. The molecule has 3 heterocycles. The van der Waals surface area contributed by atoms with E-state index in [9.17, 15) is 0 Å². The Labute approximate surface area is 143 Å². The fourth-order valence-corrected chi connectivity index (χ4v) is 2.54. The minimum absolute atomic E-state index is 0.501. The summed E-state index contributed by atoms with van der Waals surface area (Å²) in [4.78, 5) is 12.8. The standard InChI is InChI=1S/C17H15N7O/c1-25-17-12(6-5-9-18-17)10-19-15-14-16(21-11-20-15)24(23-22-14)13-7-3-2-4-8-13/h2-9,11H,10H2,1H3,(H,19,20,21). The van der Waals surface area contributed by atoms with Gasteiger partial charge in [-0.05, 0) is 18.2 Å². The molecule has 0 aliphatic heterocycles. The second kappa shape index (κ2) is 6.52. The summed E-state index contributed by atoms with van der Waals surface area (Å²) in [6.07, 6.45) is 3.19. The van der Waals surface area contributed by atoms with Crippen LogP contribution in [0.1, 0.15) is 5.56 Å². The van der Waals surface area contributed by atoms with Crippen LogP contribution >= 0.6 is 0 Å². The lowest BCUT2D eigenvalue weighted by atomic mass is 10.2. The number of hydrogen-bond donors (Lipinski definition) is 1. The number of methoxy groups -OCH3 is 1. The van der Waals surface area contributed by atoms with Crippen LogP contribution in [0, 0.1) is 0 Å². The van der Waals surface area contributed by atoms with Crippen LogP contribution < -0.4 is 10.1 Å². The molecule has 0 spiro atoms. The summed E-state index contributed by atoms with van der Waals surface area (Å²) < 4.78 is 6.95. The second-order valence-corrected chi connectivity index (χ2v) is 5.26. The SMILES string of the molecule is COc1ncccc1CNc1ncnc2c1nnn2-c1ccccc1. The van der Waals surface area contributed by atoms with Crippen molar-refractivity contribution < 1.29 is 4.74 Å². The van der Waals surface area contributed by atoms with E-state index in [4.69, 9.17) is 4.74 Å². The number of anilines is 1. The van der Waals surface area contributed by atoms with E-state index in [1.807, 2.05) is 42.5 Å². The first-order valence-electron chi connectivity index (χ1n) is 7.70. The van der Waals surface area contributed by atoms with E-state index >= 15 is 0 Å². The number of nitrogens with zero attached hydrogens (tertiary/aromatic N) is 6. The molecule has 0 unspecified atom stereocenters. The average Bonchev–Trinajstić information content (AvgIpc) is 3.12. The van der Waals surface area contributed by atoms with Crippen LogP contribution in [0.5, 0.6) is 5.88 Å². The van der Waals surface area contributed by atoms with E-state index in [1.165, 1.54) is 6.33 Å². The van der Waals surface area contributed by atoms with Gasteiger partial charge in [0.05, 0.1) is 12.8 Å². The molecule has 0 atom stereocenters. The Balaban J connectivity index is 1.66. The van der Waals surface area contributed by atoms with Gasteiger partial charge in [0.25, 0.3) is 0 Å². The molecule has 1 N–H and O–H groups in total. The van der Waals surface area contributed by atoms with Gasteiger partial charge in [0.2, 0.25) is 5.88 Å². The highest BCUT2D eigenvalue weighted by Gasteiger charge is 2.13. The second-order valence-electron chi connectivity index (χ2n) is 5.26. The van der Waals surface area contributed by atoms with Crippen molar-refractivity contribution in [2.75, 3.05) is 12.4 Å². The van der Waals surface area contributed by atoms with Crippen LogP contribution in [0.4, 0.5) is 5.82 Å². The lowest BCUT2D eigenvalue weighted by Gasteiger charge is -2.08. The molecule has 0 amide bonds. The largest absolute Gasteiger partial charge is 0.481 e. The Morgan fingerprint density at radius 1 is 1.04 bits per heavy atom. The summed E-state index contributed by atoms with van der Waals surface area (Å²) in [5.74, 6) is 1.19. The number of para-hydroxylation sites is 1. The Hall–Kier alpha value is -3.55. The van der Waals surface area contributed by atoms with Crippen molar-refractivity contribution in [2.24, 2.45) is 0 Å². The predicted molar refractivity (Wildman–Crippen MR) is 92.6 cm³/mol. The number of nitrogens with one attached hydrogen (secondary N) is 1. The number of pyridine rings is 1. The molecule has 1 aromatic carbocycles. The smallest absolute Gasteiger partial charge is 0.218 e. The van der Waals surface area contributed by atoms with E-state index in [2.05, 4.69) is 30.6 Å². The van der Waals surface area contributed by atoms with Gasteiger partial charge in [-0.2, -0.15) is 4.68 Å². The van der Waals surface area contributed by atoms with Gasteiger partial charge in [0.15, 0.2) is 17.0 Å². The Bertz CT molecular complexity index is 1000. The Morgan fingerprint density at radius 3 is 2.76 bits per heavy atom. The molecular weight excluding hydrogens is 318 g/mol. The highest BCUT2D eigenvalue weighted by Crippen LogP contribution is 2.21. The highest BCUT2D eigenvalue weighted by atomic mass is 16.5. The van der Waals surface area contributed by atoms with Crippen molar-refractivity contribution >= 4 is 17.0 Å². The third-order valence-electron chi connectivity index (χ3n) is 3.73. The fourth-order valence-electron chi connectivity index (χ4n) is 2.54. The quantitative estimate of drug-likeness (QED) is 0.599. The molecule has 0 radical (unpaired) electrons. The van der Waals surface area contributed by atoms with Crippen molar-refractivity contribution in [2.45, 2.75) is 6.54 Å². The highest BCUT2D eigenvalue weighted by molar-refractivity contribution is 5.82. The monoisotopic (exact) mass is 333 g/mol. The summed E-state index contributed by atoms with van der Waals surface area (Å²) in [5, 5.41) is 11.7. The lowest BCUT2D eigenvalue weighted by molar-refractivity contribution is 0.393. The summed E-state index contributed by atoms with van der Waals surface area (Å²) in [6, 6.07) is 13.5. The molecule has 4 aromatic rings. The van der Waals surface area contributed by atoms with Crippen molar-refractivity contribution in [1.82, 2.24) is 29.9 Å².